The van der Waals surface area contributed by atoms with E-state index in [0.29, 0.717) is 28.3 Å². The van der Waals surface area contributed by atoms with Gasteiger partial charge in [0.2, 0.25) is 5.95 Å². The molecule has 0 radical (unpaired) electrons. The number of para-hydroxylation sites is 1. The van der Waals surface area contributed by atoms with Crippen LogP contribution in [0, 0.1) is 0 Å². The lowest BCUT2D eigenvalue weighted by Crippen LogP contribution is -2.09. The molecule has 2 N–H and O–H groups in total. The third kappa shape index (κ3) is 4.67. The molecule has 0 saturated carbocycles. The van der Waals surface area contributed by atoms with E-state index in [4.69, 9.17) is 4.74 Å². The lowest BCUT2D eigenvalue weighted by Gasteiger charge is -2.11. The van der Waals surface area contributed by atoms with Crippen LogP contribution in [0.5, 0.6) is 0 Å². The Morgan fingerprint density at radius 3 is 2.68 bits per heavy atom. The van der Waals surface area contributed by atoms with E-state index in [1.807, 2.05) is 0 Å². The molecule has 8 heteroatoms. The van der Waals surface area contributed by atoms with Crippen LogP contribution in [-0.2, 0) is 4.74 Å². The van der Waals surface area contributed by atoms with E-state index >= 15 is 0 Å². The monoisotopic (exact) mass is 377 g/mol. The van der Waals surface area contributed by atoms with Gasteiger partial charge in [0.1, 0.15) is 0 Å². The largest absolute Gasteiger partial charge is 0.462 e. The van der Waals surface area contributed by atoms with E-state index in [-0.39, 0.29) is 18.3 Å². The van der Waals surface area contributed by atoms with Gasteiger partial charge in [-0.05, 0) is 38.1 Å². The van der Waals surface area contributed by atoms with Crippen LogP contribution in [0.15, 0.2) is 54.7 Å². The van der Waals surface area contributed by atoms with Gasteiger partial charge in [0.25, 0.3) is 0 Å². The van der Waals surface area contributed by atoms with Crippen molar-refractivity contribution in [2.45, 2.75) is 13.8 Å². The van der Waals surface area contributed by atoms with Crippen LogP contribution < -0.4 is 10.6 Å². The summed E-state index contributed by atoms with van der Waals surface area (Å²) in [6.45, 7) is 3.54. The lowest BCUT2D eigenvalue weighted by atomic mass is 10.1. The molecule has 0 amide bonds. The summed E-state index contributed by atoms with van der Waals surface area (Å²) >= 11 is 0. The van der Waals surface area contributed by atoms with Gasteiger partial charge < -0.3 is 15.4 Å². The van der Waals surface area contributed by atoms with Crippen molar-refractivity contribution in [3.63, 3.8) is 0 Å². The Morgan fingerprint density at radius 2 is 1.89 bits per heavy atom. The average Bonchev–Trinajstić information content (AvgIpc) is 2.69. The maximum absolute atomic E-state index is 12.1. The molecule has 1 aromatic heterocycles. The first-order valence-corrected chi connectivity index (χ1v) is 8.67. The fourth-order valence-electron chi connectivity index (χ4n) is 2.48. The number of hydrogen-bond donors (Lipinski definition) is 2. The summed E-state index contributed by atoms with van der Waals surface area (Å²) in [5, 5.41) is 13.9. The minimum Gasteiger partial charge on any atom is -0.462 e. The molecule has 0 spiro atoms. The zero-order chi connectivity index (χ0) is 19.9. The molecule has 0 atom stereocenters. The number of ketones is 1. The number of aromatic nitrogens is 3. The Bertz CT molecular complexity index is 1010. The number of ether oxygens (including phenoxy) is 1. The third-order valence-electron chi connectivity index (χ3n) is 3.77. The number of Topliss-reactive ketones (excluding diaryl/α,β-unsaturated/α-hetero) is 1. The molecular weight excluding hydrogens is 358 g/mol. The minimum absolute atomic E-state index is 0.0336. The van der Waals surface area contributed by atoms with Crippen LogP contribution in [-0.4, -0.2) is 33.5 Å². The molecule has 0 aliphatic carbocycles. The highest BCUT2D eigenvalue weighted by atomic mass is 16.5. The van der Waals surface area contributed by atoms with Gasteiger partial charge in [0, 0.05) is 11.3 Å². The van der Waals surface area contributed by atoms with Crippen LogP contribution in [0.25, 0.3) is 0 Å². The van der Waals surface area contributed by atoms with E-state index in [1.165, 1.54) is 13.1 Å². The normalized spacial score (nSPS) is 10.2. The molecular formula is C20H19N5O3. The summed E-state index contributed by atoms with van der Waals surface area (Å²) in [6.07, 6.45) is 1.44. The minimum atomic E-state index is -0.424. The maximum Gasteiger partial charge on any atom is 0.340 e. The fourth-order valence-corrected chi connectivity index (χ4v) is 2.48. The standard InChI is InChI=1S/C20H19N5O3/c1-3-28-19(27)16-9-4-5-10-17(16)23-18-12-21-25-20(24-18)22-15-8-6-7-14(11-15)13(2)26/h4-12H,3H2,1-2H3,(H2,22,23,24,25). The van der Waals surface area contributed by atoms with Crippen molar-refractivity contribution in [1.82, 2.24) is 15.2 Å². The first-order chi connectivity index (χ1) is 13.6. The highest BCUT2D eigenvalue weighted by Gasteiger charge is 2.13. The summed E-state index contributed by atoms with van der Waals surface area (Å²) in [6, 6.07) is 14.0. The zero-order valence-corrected chi connectivity index (χ0v) is 15.5. The van der Waals surface area contributed by atoms with Gasteiger partial charge in [-0.1, -0.05) is 24.3 Å². The number of carbonyl (C=O) groups excluding carboxylic acids is 2. The fraction of sp³-hybridized carbons (Fsp3) is 0.150. The van der Waals surface area contributed by atoms with Crippen LogP contribution in [0.1, 0.15) is 34.6 Å². The predicted octanol–water partition coefficient (Wildman–Crippen LogP) is 3.74. The molecule has 2 aromatic carbocycles. The lowest BCUT2D eigenvalue weighted by molar-refractivity contribution is 0.0527. The number of esters is 1. The second-order valence-corrected chi connectivity index (χ2v) is 5.82. The SMILES string of the molecule is CCOC(=O)c1ccccc1Nc1cnnc(Nc2cccc(C(C)=O)c2)n1. The number of benzene rings is 2. The molecule has 1 heterocycles. The Balaban J connectivity index is 1.80. The zero-order valence-electron chi connectivity index (χ0n) is 15.5. The Hall–Kier alpha value is -3.81. The number of carbonyl (C=O) groups is 2. The van der Waals surface area contributed by atoms with E-state index in [0.717, 1.165) is 0 Å². The third-order valence-corrected chi connectivity index (χ3v) is 3.77. The smallest absolute Gasteiger partial charge is 0.340 e. The van der Waals surface area contributed by atoms with Crippen molar-refractivity contribution in [3.05, 3.63) is 65.9 Å². The molecule has 142 valence electrons. The van der Waals surface area contributed by atoms with Gasteiger partial charge in [-0.2, -0.15) is 10.1 Å². The average molecular weight is 377 g/mol. The van der Waals surface area contributed by atoms with Gasteiger partial charge in [-0.3, -0.25) is 4.79 Å². The second-order valence-electron chi connectivity index (χ2n) is 5.82. The van der Waals surface area contributed by atoms with Crippen molar-refractivity contribution < 1.29 is 14.3 Å². The highest BCUT2D eigenvalue weighted by molar-refractivity contribution is 5.96. The number of hydrogen-bond acceptors (Lipinski definition) is 8. The number of anilines is 4. The summed E-state index contributed by atoms with van der Waals surface area (Å²) in [5.41, 5.74) is 2.19. The summed E-state index contributed by atoms with van der Waals surface area (Å²) < 4.78 is 5.07. The van der Waals surface area contributed by atoms with Gasteiger partial charge in [0.15, 0.2) is 11.6 Å². The van der Waals surface area contributed by atoms with Crippen LogP contribution >= 0.6 is 0 Å². The Kier molecular flexibility index (Phi) is 5.91. The van der Waals surface area contributed by atoms with E-state index in [9.17, 15) is 9.59 Å². The Morgan fingerprint density at radius 1 is 1.07 bits per heavy atom. The first kappa shape index (κ1) is 19.0. The van der Waals surface area contributed by atoms with E-state index in [2.05, 4.69) is 25.8 Å². The van der Waals surface area contributed by atoms with E-state index in [1.54, 1.807) is 55.5 Å². The molecule has 0 unspecified atom stereocenters. The number of nitrogens with zero attached hydrogens (tertiary/aromatic N) is 3. The van der Waals surface area contributed by atoms with Crippen LogP contribution in [0.4, 0.5) is 23.1 Å². The molecule has 3 aromatic rings. The number of nitrogens with one attached hydrogen (secondary N) is 2. The molecule has 8 nitrogen and oxygen atoms in total. The van der Waals surface area contributed by atoms with Crippen molar-refractivity contribution in [1.29, 1.82) is 0 Å². The van der Waals surface area contributed by atoms with Crippen molar-refractivity contribution in [3.8, 4) is 0 Å². The molecule has 3 rings (SSSR count). The summed E-state index contributed by atoms with van der Waals surface area (Å²) in [5.74, 6) is 0.192. The van der Waals surface area contributed by atoms with Gasteiger partial charge in [0.05, 0.1) is 24.1 Å². The second kappa shape index (κ2) is 8.72. The van der Waals surface area contributed by atoms with E-state index < -0.39 is 5.97 Å². The van der Waals surface area contributed by atoms with Gasteiger partial charge in [-0.25, -0.2) is 4.79 Å². The van der Waals surface area contributed by atoms with Crippen molar-refractivity contribution in [2.24, 2.45) is 0 Å². The maximum atomic E-state index is 12.1. The first-order valence-electron chi connectivity index (χ1n) is 8.67. The molecule has 0 fully saturated rings. The van der Waals surface area contributed by atoms with Gasteiger partial charge in [-0.15, -0.1) is 5.10 Å². The Labute approximate surface area is 162 Å². The summed E-state index contributed by atoms with van der Waals surface area (Å²) in [7, 11) is 0. The highest BCUT2D eigenvalue weighted by Crippen LogP contribution is 2.21. The molecule has 28 heavy (non-hydrogen) atoms. The molecule has 0 aliphatic rings. The summed E-state index contributed by atoms with van der Waals surface area (Å²) in [4.78, 5) is 28.0. The van der Waals surface area contributed by atoms with Crippen molar-refractivity contribution >= 4 is 34.9 Å². The van der Waals surface area contributed by atoms with Crippen molar-refractivity contribution in [2.75, 3.05) is 17.2 Å². The molecule has 0 saturated heterocycles. The molecule has 0 bridgehead atoms. The number of rotatable bonds is 7. The van der Waals surface area contributed by atoms with Crippen LogP contribution in [0.2, 0.25) is 0 Å². The topological polar surface area (TPSA) is 106 Å². The molecule has 0 aliphatic heterocycles. The predicted molar refractivity (Wildman–Crippen MR) is 105 cm³/mol. The quantitative estimate of drug-likeness (QED) is 0.474. The van der Waals surface area contributed by atoms with Gasteiger partial charge >= 0.3 is 5.97 Å². The van der Waals surface area contributed by atoms with Crippen LogP contribution in [0.3, 0.4) is 0 Å².